The summed E-state index contributed by atoms with van der Waals surface area (Å²) >= 11 is 0. The summed E-state index contributed by atoms with van der Waals surface area (Å²) in [6.07, 6.45) is 0.969. The zero-order valence-electron chi connectivity index (χ0n) is 7.66. The average Bonchev–Trinajstić information content (AvgIpc) is 2.03. The Morgan fingerprint density at radius 1 is 1.38 bits per heavy atom. The van der Waals surface area contributed by atoms with Gasteiger partial charge in [-0.1, -0.05) is 6.92 Å². The molecule has 0 aliphatic rings. The Morgan fingerprint density at radius 3 is 2.31 bits per heavy atom. The van der Waals surface area contributed by atoms with Gasteiger partial charge in [0.1, 0.15) is 0 Å². The summed E-state index contributed by atoms with van der Waals surface area (Å²) in [5, 5.41) is 10.6. The molecule has 0 aromatic heterocycles. The zero-order chi connectivity index (χ0) is 10.4. The van der Waals surface area contributed by atoms with E-state index >= 15 is 0 Å². The van der Waals surface area contributed by atoms with E-state index in [9.17, 15) is 14.4 Å². The van der Waals surface area contributed by atoms with Crippen molar-refractivity contribution < 1.29 is 19.5 Å². The third-order valence-electron chi connectivity index (χ3n) is 1.46. The minimum absolute atomic E-state index is 0.301. The molecule has 0 saturated carbocycles. The smallest absolute Gasteiger partial charge is 0.374 e. The van der Waals surface area contributed by atoms with E-state index in [2.05, 4.69) is 5.32 Å². The molecule has 0 aliphatic heterocycles. The van der Waals surface area contributed by atoms with Crippen molar-refractivity contribution in [3.8, 4) is 0 Å². The van der Waals surface area contributed by atoms with Crippen LogP contribution in [0.3, 0.4) is 0 Å². The quantitative estimate of drug-likeness (QED) is 0.591. The first-order valence-electron chi connectivity index (χ1n) is 4.05. The first-order chi connectivity index (χ1) is 5.99. The summed E-state index contributed by atoms with van der Waals surface area (Å²) in [4.78, 5) is 31.9. The number of carboxylic acid groups (broad SMARTS) is 1. The summed E-state index contributed by atoms with van der Waals surface area (Å²) in [6.45, 7) is 3.17. The van der Waals surface area contributed by atoms with E-state index in [1.165, 1.54) is 6.92 Å². The normalized spacial score (nSPS) is 11.8. The SMILES string of the molecule is CCCC(=O)NC(C)C(=O)C(=O)O. The topological polar surface area (TPSA) is 83.5 Å². The Hall–Kier alpha value is -1.39. The molecule has 1 unspecified atom stereocenters. The highest BCUT2D eigenvalue weighted by Crippen LogP contribution is 1.90. The highest BCUT2D eigenvalue weighted by atomic mass is 16.4. The maximum absolute atomic E-state index is 10.9. The molecule has 0 aromatic rings. The van der Waals surface area contributed by atoms with Crippen molar-refractivity contribution in [1.82, 2.24) is 5.32 Å². The third kappa shape index (κ3) is 4.25. The van der Waals surface area contributed by atoms with Gasteiger partial charge in [-0.15, -0.1) is 0 Å². The highest BCUT2D eigenvalue weighted by molar-refractivity contribution is 6.35. The molecule has 0 spiro atoms. The minimum atomic E-state index is -1.52. The number of hydrogen-bond donors (Lipinski definition) is 2. The predicted octanol–water partition coefficient (Wildman–Crippen LogP) is -0.0551. The van der Waals surface area contributed by atoms with Crippen LogP contribution in [-0.2, 0) is 14.4 Å². The van der Waals surface area contributed by atoms with Crippen molar-refractivity contribution in [2.24, 2.45) is 0 Å². The maximum atomic E-state index is 10.9. The van der Waals surface area contributed by atoms with E-state index in [4.69, 9.17) is 5.11 Å². The van der Waals surface area contributed by atoms with Crippen LogP contribution >= 0.6 is 0 Å². The summed E-state index contributed by atoms with van der Waals surface area (Å²) in [5.74, 6) is -2.82. The molecule has 2 N–H and O–H groups in total. The molecule has 0 aliphatic carbocycles. The van der Waals surface area contributed by atoms with Crippen molar-refractivity contribution in [3.63, 3.8) is 0 Å². The molecule has 74 valence electrons. The Balaban J connectivity index is 4.00. The molecule has 0 fully saturated rings. The van der Waals surface area contributed by atoms with Crippen LogP contribution in [0.25, 0.3) is 0 Å². The lowest BCUT2D eigenvalue weighted by molar-refractivity contribution is -0.150. The van der Waals surface area contributed by atoms with Crippen molar-refractivity contribution in [2.45, 2.75) is 32.7 Å². The number of aliphatic carboxylic acids is 1. The lowest BCUT2D eigenvalue weighted by Gasteiger charge is -2.09. The Bertz CT molecular complexity index is 224. The fourth-order valence-corrected chi connectivity index (χ4v) is 0.791. The van der Waals surface area contributed by atoms with Crippen LogP contribution in [0.2, 0.25) is 0 Å². The van der Waals surface area contributed by atoms with Crippen LogP contribution < -0.4 is 5.32 Å². The molecule has 5 heteroatoms. The van der Waals surface area contributed by atoms with Crippen LogP contribution in [0.15, 0.2) is 0 Å². The second kappa shape index (κ2) is 5.29. The van der Waals surface area contributed by atoms with E-state index < -0.39 is 17.8 Å². The van der Waals surface area contributed by atoms with Gasteiger partial charge in [0.15, 0.2) is 0 Å². The molecule has 0 bridgehead atoms. The highest BCUT2D eigenvalue weighted by Gasteiger charge is 2.21. The van der Waals surface area contributed by atoms with Crippen LogP contribution in [0.4, 0.5) is 0 Å². The first-order valence-corrected chi connectivity index (χ1v) is 4.05. The Labute approximate surface area is 76.1 Å². The van der Waals surface area contributed by atoms with Crippen molar-refractivity contribution in [3.05, 3.63) is 0 Å². The largest absolute Gasteiger partial charge is 0.475 e. The Morgan fingerprint density at radius 2 is 1.92 bits per heavy atom. The summed E-state index contributed by atoms with van der Waals surface area (Å²) in [5.41, 5.74) is 0. The summed E-state index contributed by atoms with van der Waals surface area (Å²) in [6, 6.07) is -0.948. The number of nitrogens with one attached hydrogen (secondary N) is 1. The van der Waals surface area contributed by atoms with Gasteiger partial charge in [0.2, 0.25) is 5.91 Å². The minimum Gasteiger partial charge on any atom is -0.475 e. The fourth-order valence-electron chi connectivity index (χ4n) is 0.791. The van der Waals surface area contributed by atoms with Gasteiger partial charge in [-0.25, -0.2) is 4.79 Å². The van der Waals surface area contributed by atoms with Crippen LogP contribution in [0.5, 0.6) is 0 Å². The lowest BCUT2D eigenvalue weighted by Crippen LogP contribution is -2.41. The van der Waals surface area contributed by atoms with Crippen LogP contribution in [-0.4, -0.2) is 28.8 Å². The van der Waals surface area contributed by atoms with Gasteiger partial charge >= 0.3 is 5.97 Å². The number of carboxylic acids is 1. The second-order valence-corrected chi connectivity index (χ2v) is 2.71. The van der Waals surface area contributed by atoms with Gasteiger partial charge < -0.3 is 10.4 Å². The van der Waals surface area contributed by atoms with Gasteiger partial charge in [0.25, 0.3) is 5.78 Å². The number of hydrogen-bond acceptors (Lipinski definition) is 3. The molecular weight excluding hydrogens is 174 g/mol. The number of carbonyl (C=O) groups excluding carboxylic acids is 2. The Kier molecular flexibility index (Phi) is 4.72. The molecule has 0 saturated heterocycles. The summed E-state index contributed by atoms with van der Waals surface area (Å²) in [7, 11) is 0. The number of amides is 1. The van der Waals surface area contributed by atoms with E-state index in [0.717, 1.165) is 0 Å². The van der Waals surface area contributed by atoms with Crippen molar-refractivity contribution >= 4 is 17.7 Å². The predicted molar refractivity (Wildman–Crippen MR) is 45.2 cm³/mol. The summed E-state index contributed by atoms with van der Waals surface area (Å²) < 4.78 is 0. The molecule has 0 radical (unpaired) electrons. The van der Waals surface area contributed by atoms with Gasteiger partial charge in [0.05, 0.1) is 6.04 Å². The standard InChI is InChI=1S/C8H13NO4/c1-3-4-6(10)9-5(2)7(11)8(12)13/h5H,3-4H2,1-2H3,(H,9,10)(H,12,13). The lowest BCUT2D eigenvalue weighted by atomic mass is 10.2. The van der Waals surface area contributed by atoms with E-state index in [0.29, 0.717) is 12.8 Å². The van der Waals surface area contributed by atoms with Gasteiger partial charge in [-0.3, -0.25) is 9.59 Å². The van der Waals surface area contributed by atoms with E-state index in [1.54, 1.807) is 0 Å². The molecule has 1 amide bonds. The van der Waals surface area contributed by atoms with E-state index in [1.807, 2.05) is 6.92 Å². The number of Topliss-reactive ketones (excluding diaryl/α,β-unsaturated/α-hetero) is 1. The third-order valence-corrected chi connectivity index (χ3v) is 1.46. The second-order valence-electron chi connectivity index (χ2n) is 2.71. The molecule has 5 nitrogen and oxygen atoms in total. The van der Waals surface area contributed by atoms with Crippen LogP contribution in [0, 0.1) is 0 Å². The zero-order valence-corrected chi connectivity index (χ0v) is 7.66. The molecule has 0 heterocycles. The van der Waals surface area contributed by atoms with Crippen molar-refractivity contribution in [1.29, 1.82) is 0 Å². The van der Waals surface area contributed by atoms with Gasteiger partial charge in [-0.05, 0) is 13.3 Å². The average molecular weight is 187 g/mol. The number of rotatable bonds is 5. The molecule has 0 aromatic carbocycles. The number of ketones is 1. The maximum Gasteiger partial charge on any atom is 0.374 e. The molecule has 0 rings (SSSR count). The molecule has 13 heavy (non-hydrogen) atoms. The van der Waals surface area contributed by atoms with Gasteiger partial charge in [-0.2, -0.15) is 0 Å². The van der Waals surface area contributed by atoms with Gasteiger partial charge in [0, 0.05) is 6.42 Å². The van der Waals surface area contributed by atoms with Crippen LogP contribution in [0.1, 0.15) is 26.7 Å². The fraction of sp³-hybridized carbons (Fsp3) is 0.625. The monoisotopic (exact) mass is 187 g/mol. The van der Waals surface area contributed by atoms with Crippen molar-refractivity contribution in [2.75, 3.05) is 0 Å². The molecule has 1 atom stereocenters. The van der Waals surface area contributed by atoms with E-state index in [-0.39, 0.29) is 5.91 Å². The first kappa shape index (κ1) is 11.6. The number of carbonyl (C=O) groups is 3. The molecular formula is C8H13NO4.